The largest absolute Gasteiger partial charge is 0.479 e. The molecule has 0 unspecified atom stereocenters. The Kier molecular flexibility index (Phi) is 4.96. The molecule has 2 rings (SSSR count). The van der Waals surface area contributed by atoms with Crippen molar-refractivity contribution in [2.75, 3.05) is 19.8 Å². The molecule has 0 spiro atoms. The van der Waals surface area contributed by atoms with Gasteiger partial charge in [-0.15, -0.1) is 0 Å². The van der Waals surface area contributed by atoms with Crippen LogP contribution in [0.5, 0.6) is 0 Å². The Morgan fingerprint density at radius 1 is 1.36 bits per heavy atom. The molecule has 1 aliphatic rings. The molecule has 0 aliphatic carbocycles. The summed E-state index contributed by atoms with van der Waals surface area (Å²) < 4.78 is 10.1. The fourth-order valence-electron chi connectivity index (χ4n) is 2.13. The van der Waals surface area contributed by atoms with Crippen LogP contribution in [0.1, 0.15) is 12.0 Å². The van der Waals surface area contributed by atoms with E-state index in [9.17, 15) is 14.7 Å². The number of aliphatic carboxylic acids is 1. The number of hydrogen-bond acceptors (Lipinski definition) is 5. The highest BCUT2D eigenvalue weighted by molar-refractivity contribution is 5.85. The highest BCUT2D eigenvalue weighted by Gasteiger charge is 2.53. The van der Waals surface area contributed by atoms with Gasteiger partial charge in [0, 0.05) is 6.54 Å². The molecule has 116 valence electrons. The first-order valence-electron chi connectivity index (χ1n) is 6.76. The third-order valence-corrected chi connectivity index (χ3v) is 3.47. The molecule has 0 aromatic heterocycles. The number of hydrogen-bond donors (Lipinski definition) is 1. The summed E-state index contributed by atoms with van der Waals surface area (Å²) in [4.78, 5) is 24.8. The average Bonchev–Trinajstić information content (AvgIpc) is 2.47. The summed E-state index contributed by atoms with van der Waals surface area (Å²) in [5.74, 6) is -1.16. The zero-order valence-corrected chi connectivity index (χ0v) is 11.9. The van der Waals surface area contributed by atoms with Crippen LogP contribution in [-0.4, -0.2) is 47.4 Å². The number of nitriles is 1. The molecular weight excluding hydrogens is 288 g/mol. The lowest BCUT2D eigenvalue weighted by Gasteiger charge is -2.44. The number of ether oxygens (including phenoxy) is 2. The maximum Gasteiger partial charge on any atom is 0.411 e. The maximum atomic E-state index is 12.2. The van der Waals surface area contributed by atoms with Crippen LogP contribution in [0.25, 0.3) is 0 Å². The van der Waals surface area contributed by atoms with Crippen LogP contribution in [0.2, 0.25) is 0 Å². The third-order valence-electron chi connectivity index (χ3n) is 3.47. The summed E-state index contributed by atoms with van der Waals surface area (Å²) in [5, 5.41) is 18.1. The van der Waals surface area contributed by atoms with Gasteiger partial charge in [-0.2, -0.15) is 5.26 Å². The normalized spacial score (nSPS) is 15.2. The standard InChI is InChI=1S/C15H16N2O5/c16-7-4-8-17(15(13(18)19)10-21-11-15)14(20)22-9-12-5-2-1-3-6-12/h1-3,5-6H,4,8-11H2,(H,18,19). The summed E-state index contributed by atoms with van der Waals surface area (Å²) in [6.45, 7) is -0.179. The first-order chi connectivity index (χ1) is 10.6. The summed E-state index contributed by atoms with van der Waals surface area (Å²) in [5.41, 5.74) is -0.643. The molecule has 0 radical (unpaired) electrons. The van der Waals surface area contributed by atoms with Gasteiger partial charge in [-0.05, 0) is 5.56 Å². The molecule has 1 N–H and O–H groups in total. The first-order valence-corrected chi connectivity index (χ1v) is 6.76. The van der Waals surface area contributed by atoms with Gasteiger partial charge >= 0.3 is 12.1 Å². The molecule has 1 heterocycles. The van der Waals surface area contributed by atoms with Gasteiger partial charge in [0.15, 0.2) is 5.54 Å². The van der Waals surface area contributed by atoms with E-state index in [1.54, 1.807) is 12.1 Å². The molecule has 1 aromatic rings. The molecule has 1 saturated heterocycles. The van der Waals surface area contributed by atoms with Crippen molar-refractivity contribution in [2.24, 2.45) is 0 Å². The monoisotopic (exact) mass is 304 g/mol. The van der Waals surface area contributed by atoms with E-state index in [0.29, 0.717) is 0 Å². The van der Waals surface area contributed by atoms with Crippen LogP contribution in [0.4, 0.5) is 4.79 Å². The zero-order chi connectivity index (χ0) is 16.0. The first kappa shape index (κ1) is 15.8. The minimum Gasteiger partial charge on any atom is -0.479 e. The van der Waals surface area contributed by atoms with Gasteiger partial charge in [0.1, 0.15) is 6.61 Å². The number of carbonyl (C=O) groups excluding carboxylic acids is 1. The molecule has 0 atom stereocenters. The van der Waals surface area contributed by atoms with Crippen LogP contribution in [0.15, 0.2) is 30.3 Å². The SMILES string of the molecule is N#CCCN(C(=O)OCc1ccccc1)C1(C(=O)O)COC1. The van der Waals surface area contributed by atoms with Crippen molar-refractivity contribution in [1.82, 2.24) is 4.90 Å². The van der Waals surface area contributed by atoms with Gasteiger partial charge in [-0.1, -0.05) is 30.3 Å². The lowest BCUT2D eigenvalue weighted by atomic mass is 9.95. The average molecular weight is 304 g/mol. The second kappa shape index (κ2) is 6.91. The van der Waals surface area contributed by atoms with Gasteiger partial charge in [0.05, 0.1) is 25.7 Å². The number of carboxylic acid groups (broad SMARTS) is 1. The Hall–Kier alpha value is -2.59. The zero-order valence-electron chi connectivity index (χ0n) is 11.9. The predicted molar refractivity (Wildman–Crippen MR) is 74.7 cm³/mol. The van der Waals surface area contributed by atoms with Crippen LogP contribution in [-0.2, 0) is 20.9 Å². The fraction of sp³-hybridized carbons (Fsp3) is 0.400. The quantitative estimate of drug-likeness (QED) is 0.852. The molecule has 0 bridgehead atoms. The van der Waals surface area contributed by atoms with Crippen molar-refractivity contribution in [2.45, 2.75) is 18.6 Å². The van der Waals surface area contributed by atoms with Crippen LogP contribution in [0, 0.1) is 11.3 Å². The van der Waals surface area contributed by atoms with Crippen molar-refractivity contribution >= 4 is 12.1 Å². The highest BCUT2D eigenvalue weighted by Crippen LogP contribution is 2.27. The molecule has 1 fully saturated rings. The molecule has 1 amide bonds. The van der Waals surface area contributed by atoms with Crippen LogP contribution < -0.4 is 0 Å². The van der Waals surface area contributed by atoms with E-state index in [1.807, 2.05) is 24.3 Å². The highest BCUT2D eigenvalue weighted by atomic mass is 16.6. The minimum absolute atomic E-state index is 0.0141. The number of rotatable bonds is 6. The summed E-state index contributed by atoms with van der Waals surface area (Å²) >= 11 is 0. The lowest BCUT2D eigenvalue weighted by molar-refractivity contribution is -0.183. The molecule has 7 heteroatoms. The third kappa shape index (κ3) is 3.18. The predicted octanol–water partition coefficient (Wildman–Crippen LogP) is 1.39. The number of carboxylic acids is 1. The number of amides is 1. The van der Waals surface area contributed by atoms with Gasteiger partial charge in [0.25, 0.3) is 0 Å². The molecule has 0 saturated carbocycles. The van der Waals surface area contributed by atoms with E-state index < -0.39 is 17.6 Å². The van der Waals surface area contributed by atoms with E-state index in [0.717, 1.165) is 10.5 Å². The molecule has 1 aromatic carbocycles. The summed E-state index contributed by atoms with van der Waals surface area (Å²) in [6.07, 6.45) is -0.736. The Labute approximate surface area is 127 Å². The van der Waals surface area contributed by atoms with Crippen LogP contribution >= 0.6 is 0 Å². The van der Waals surface area contributed by atoms with E-state index in [2.05, 4.69) is 0 Å². The fourth-order valence-corrected chi connectivity index (χ4v) is 2.13. The van der Waals surface area contributed by atoms with E-state index >= 15 is 0 Å². The summed E-state index contributed by atoms with van der Waals surface area (Å²) in [6, 6.07) is 11.0. The van der Waals surface area contributed by atoms with Crippen LogP contribution in [0.3, 0.4) is 0 Å². The van der Waals surface area contributed by atoms with Crippen molar-refractivity contribution in [3.63, 3.8) is 0 Å². The Bertz CT molecular complexity index is 577. The van der Waals surface area contributed by atoms with Crippen molar-refractivity contribution in [3.05, 3.63) is 35.9 Å². The Balaban J connectivity index is 2.06. The smallest absolute Gasteiger partial charge is 0.411 e. The van der Waals surface area contributed by atoms with E-state index in [4.69, 9.17) is 14.7 Å². The Morgan fingerprint density at radius 3 is 2.55 bits per heavy atom. The molecule has 22 heavy (non-hydrogen) atoms. The molecule has 1 aliphatic heterocycles. The van der Waals surface area contributed by atoms with E-state index in [-0.39, 0.29) is 32.8 Å². The minimum atomic E-state index is -1.44. The summed E-state index contributed by atoms with van der Waals surface area (Å²) in [7, 11) is 0. The lowest BCUT2D eigenvalue weighted by Crippen LogP contribution is -2.68. The van der Waals surface area contributed by atoms with Crippen molar-refractivity contribution in [3.8, 4) is 6.07 Å². The molecule has 7 nitrogen and oxygen atoms in total. The number of nitrogens with zero attached hydrogens (tertiary/aromatic N) is 2. The second-order valence-corrected chi connectivity index (χ2v) is 4.93. The number of carbonyl (C=O) groups is 2. The van der Waals surface area contributed by atoms with Gasteiger partial charge < -0.3 is 14.6 Å². The van der Waals surface area contributed by atoms with Gasteiger partial charge in [0.2, 0.25) is 0 Å². The van der Waals surface area contributed by atoms with Crippen molar-refractivity contribution < 1.29 is 24.2 Å². The van der Waals surface area contributed by atoms with E-state index in [1.165, 1.54) is 0 Å². The van der Waals surface area contributed by atoms with Crippen molar-refractivity contribution in [1.29, 1.82) is 5.26 Å². The maximum absolute atomic E-state index is 12.2. The Morgan fingerprint density at radius 2 is 2.05 bits per heavy atom. The number of benzene rings is 1. The molecular formula is C15H16N2O5. The second-order valence-electron chi connectivity index (χ2n) is 4.93. The van der Waals surface area contributed by atoms with Gasteiger partial charge in [-0.3, -0.25) is 4.90 Å². The van der Waals surface area contributed by atoms with Gasteiger partial charge in [-0.25, -0.2) is 9.59 Å². The topological polar surface area (TPSA) is 99.9 Å².